The second-order valence-corrected chi connectivity index (χ2v) is 4.66. The van der Waals surface area contributed by atoms with Gasteiger partial charge in [0, 0.05) is 0 Å². The number of nitrogens with one attached hydrogen (secondary N) is 2. The van der Waals surface area contributed by atoms with E-state index in [2.05, 4.69) is 15.5 Å². The van der Waals surface area contributed by atoms with Gasteiger partial charge in [0.25, 0.3) is 0 Å². The van der Waals surface area contributed by atoms with E-state index in [1.165, 1.54) is 5.56 Å². The van der Waals surface area contributed by atoms with Crippen LogP contribution in [-0.2, 0) is 11.2 Å². The molecule has 4 N–H and O–H groups in total. The number of aromatic amines is 1. The molecule has 1 aromatic rings. The van der Waals surface area contributed by atoms with Crippen molar-refractivity contribution in [3.8, 4) is 0 Å². The lowest BCUT2D eigenvalue weighted by molar-refractivity contribution is -0.123. The number of hydrogen-bond donors (Lipinski definition) is 3. The van der Waals surface area contributed by atoms with Crippen LogP contribution in [0.25, 0.3) is 0 Å². The summed E-state index contributed by atoms with van der Waals surface area (Å²) in [6.07, 6.45) is 6.59. The minimum absolute atomic E-state index is 0. The highest BCUT2D eigenvalue weighted by atomic mass is 35.5. The third-order valence-electron chi connectivity index (χ3n) is 3.29. The van der Waals surface area contributed by atoms with Crippen LogP contribution in [0.4, 0.5) is 0 Å². The third-order valence-corrected chi connectivity index (χ3v) is 3.29. The molecule has 1 heterocycles. The first-order chi connectivity index (χ1) is 8.22. The van der Waals surface area contributed by atoms with E-state index in [-0.39, 0.29) is 24.4 Å². The van der Waals surface area contributed by atoms with Gasteiger partial charge in [0.1, 0.15) is 0 Å². The maximum atomic E-state index is 11.9. The van der Waals surface area contributed by atoms with E-state index in [0.29, 0.717) is 0 Å². The Hall–Kier alpha value is -1.07. The molecule has 6 heteroatoms. The second-order valence-electron chi connectivity index (χ2n) is 4.66. The van der Waals surface area contributed by atoms with Gasteiger partial charge in [-0.25, -0.2) is 0 Å². The fourth-order valence-corrected chi connectivity index (χ4v) is 2.33. The Bertz CT molecular complexity index is 393. The van der Waals surface area contributed by atoms with E-state index in [4.69, 9.17) is 5.73 Å². The first-order valence-corrected chi connectivity index (χ1v) is 6.30. The van der Waals surface area contributed by atoms with E-state index in [1.54, 1.807) is 0 Å². The zero-order chi connectivity index (χ0) is 12.3. The summed E-state index contributed by atoms with van der Waals surface area (Å²) in [6.45, 7) is 2.03. The van der Waals surface area contributed by atoms with E-state index in [0.717, 1.165) is 37.8 Å². The predicted octanol–water partition coefficient (Wildman–Crippen LogP) is 1.45. The van der Waals surface area contributed by atoms with Crippen LogP contribution in [0.1, 0.15) is 49.9 Å². The number of carbonyl (C=O) groups excluding carboxylic acids is 1. The molecule has 0 fully saturated rings. The zero-order valence-corrected chi connectivity index (χ0v) is 11.4. The number of nitrogens with two attached hydrogens (primary N) is 1. The van der Waals surface area contributed by atoms with E-state index >= 15 is 0 Å². The number of carbonyl (C=O) groups is 1. The van der Waals surface area contributed by atoms with Crippen LogP contribution >= 0.6 is 12.4 Å². The highest BCUT2D eigenvalue weighted by Gasteiger charge is 2.25. The van der Waals surface area contributed by atoms with E-state index < -0.39 is 6.04 Å². The summed E-state index contributed by atoms with van der Waals surface area (Å²) in [5.74, 6) is -0.0562. The summed E-state index contributed by atoms with van der Waals surface area (Å²) in [5.41, 5.74) is 8.07. The van der Waals surface area contributed by atoms with Crippen molar-refractivity contribution in [2.24, 2.45) is 5.73 Å². The van der Waals surface area contributed by atoms with Gasteiger partial charge >= 0.3 is 0 Å². The van der Waals surface area contributed by atoms with Gasteiger partial charge in [-0.3, -0.25) is 9.89 Å². The van der Waals surface area contributed by atoms with Gasteiger partial charge in [-0.15, -0.1) is 12.4 Å². The van der Waals surface area contributed by atoms with Gasteiger partial charge in [-0.1, -0.05) is 13.3 Å². The average molecular weight is 273 g/mol. The molecular formula is C12H21ClN4O. The first-order valence-electron chi connectivity index (χ1n) is 6.30. The molecule has 0 saturated heterocycles. The second kappa shape index (κ2) is 6.75. The molecule has 2 atom stereocenters. The number of hydrogen-bond acceptors (Lipinski definition) is 3. The van der Waals surface area contributed by atoms with Crippen molar-refractivity contribution in [1.29, 1.82) is 0 Å². The molecule has 1 amide bonds. The molecule has 0 radical (unpaired) electrons. The Labute approximate surface area is 113 Å². The lowest BCUT2D eigenvalue weighted by atomic mass is 9.93. The van der Waals surface area contributed by atoms with Gasteiger partial charge in [-0.2, -0.15) is 5.10 Å². The molecule has 2 rings (SSSR count). The highest BCUT2D eigenvalue weighted by molar-refractivity contribution is 5.85. The molecule has 2 unspecified atom stereocenters. The number of fused-ring (bicyclic) bond motifs is 1. The van der Waals surface area contributed by atoms with Gasteiger partial charge in [0.2, 0.25) is 5.91 Å². The summed E-state index contributed by atoms with van der Waals surface area (Å²) < 4.78 is 0. The van der Waals surface area contributed by atoms with E-state index in [1.807, 2.05) is 13.1 Å². The molecule has 102 valence electrons. The molecule has 1 aliphatic carbocycles. The molecule has 18 heavy (non-hydrogen) atoms. The van der Waals surface area contributed by atoms with Gasteiger partial charge in [-0.05, 0) is 31.2 Å². The summed E-state index contributed by atoms with van der Waals surface area (Å²) in [5, 5.41) is 10.0. The summed E-state index contributed by atoms with van der Waals surface area (Å²) in [6, 6.07) is -0.343. The highest BCUT2D eigenvalue weighted by Crippen LogP contribution is 2.27. The largest absolute Gasteiger partial charge is 0.346 e. The smallest absolute Gasteiger partial charge is 0.237 e. The van der Waals surface area contributed by atoms with Crippen LogP contribution in [-0.4, -0.2) is 22.1 Å². The SMILES string of the molecule is CCCC(N)C(=O)NC1CCCc2cn[nH]c21.Cl. The number of rotatable bonds is 4. The van der Waals surface area contributed by atoms with Crippen molar-refractivity contribution >= 4 is 18.3 Å². The maximum Gasteiger partial charge on any atom is 0.237 e. The minimum Gasteiger partial charge on any atom is -0.346 e. The minimum atomic E-state index is -0.395. The normalized spacial score (nSPS) is 19.6. The van der Waals surface area contributed by atoms with Crippen LogP contribution in [0.5, 0.6) is 0 Å². The third kappa shape index (κ3) is 3.23. The Morgan fingerprint density at radius 1 is 1.72 bits per heavy atom. The molecule has 0 saturated carbocycles. The molecular weight excluding hydrogens is 252 g/mol. The summed E-state index contributed by atoms with van der Waals surface area (Å²) in [7, 11) is 0. The Balaban J connectivity index is 0.00000162. The quantitative estimate of drug-likeness (QED) is 0.776. The van der Waals surface area contributed by atoms with Gasteiger partial charge < -0.3 is 11.1 Å². The van der Waals surface area contributed by atoms with Crippen LogP contribution in [0, 0.1) is 0 Å². The number of aryl methyl sites for hydroxylation is 1. The zero-order valence-electron chi connectivity index (χ0n) is 10.6. The number of halogens is 1. The molecule has 1 aliphatic rings. The van der Waals surface area contributed by atoms with E-state index in [9.17, 15) is 4.79 Å². The van der Waals surface area contributed by atoms with Crippen LogP contribution in [0.3, 0.4) is 0 Å². The Morgan fingerprint density at radius 3 is 3.22 bits per heavy atom. The number of H-pyrrole nitrogens is 1. The fraction of sp³-hybridized carbons (Fsp3) is 0.667. The van der Waals surface area contributed by atoms with Crippen molar-refractivity contribution in [3.63, 3.8) is 0 Å². The maximum absolute atomic E-state index is 11.9. The van der Waals surface area contributed by atoms with Gasteiger partial charge in [0.05, 0.1) is 24.0 Å². The van der Waals surface area contributed by atoms with Crippen molar-refractivity contribution < 1.29 is 4.79 Å². The lowest BCUT2D eigenvalue weighted by Crippen LogP contribution is -2.42. The Kier molecular flexibility index (Phi) is 5.62. The number of nitrogens with zero attached hydrogens (tertiary/aromatic N) is 1. The first kappa shape index (κ1) is 15.0. The molecule has 0 aromatic carbocycles. The van der Waals surface area contributed by atoms with Crippen LogP contribution in [0.15, 0.2) is 6.20 Å². The monoisotopic (exact) mass is 272 g/mol. The summed E-state index contributed by atoms with van der Waals surface area (Å²) >= 11 is 0. The van der Waals surface area contributed by atoms with Crippen molar-refractivity contribution in [2.45, 2.75) is 51.1 Å². The van der Waals surface area contributed by atoms with Gasteiger partial charge in [0.15, 0.2) is 0 Å². The number of amides is 1. The molecule has 0 bridgehead atoms. The lowest BCUT2D eigenvalue weighted by Gasteiger charge is -2.24. The summed E-state index contributed by atoms with van der Waals surface area (Å²) in [4.78, 5) is 11.9. The van der Waals surface area contributed by atoms with Crippen molar-refractivity contribution in [3.05, 3.63) is 17.5 Å². The standard InChI is InChI=1S/C12H20N4O.ClH/c1-2-4-9(13)12(17)15-10-6-3-5-8-7-14-16-11(8)10;/h7,9-10H,2-6,13H2,1H3,(H,14,16)(H,15,17);1H. The fourth-order valence-electron chi connectivity index (χ4n) is 2.33. The number of aromatic nitrogens is 2. The molecule has 5 nitrogen and oxygen atoms in total. The molecule has 0 aliphatic heterocycles. The predicted molar refractivity (Wildman–Crippen MR) is 72.5 cm³/mol. The Morgan fingerprint density at radius 2 is 2.50 bits per heavy atom. The molecule has 0 spiro atoms. The van der Waals surface area contributed by atoms with Crippen LogP contribution in [0.2, 0.25) is 0 Å². The molecule has 1 aromatic heterocycles. The average Bonchev–Trinajstić information content (AvgIpc) is 2.78. The van der Waals surface area contributed by atoms with Crippen molar-refractivity contribution in [2.75, 3.05) is 0 Å². The van der Waals surface area contributed by atoms with Crippen LogP contribution < -0.4 is 11.1 Å². The topological polar surface area (TPSA) is 83.8 Å². The van der Waals surface area contributed by atoms with Crippen molar-refractivity contribution in [1.82, 2.24) is 15.5 Å².